The van der Waals surface area contributed by atoms with Crippen molar-refractivity contribution >= 4 is 33.3 Å². The third-order valence-corrected chi connectivity index (χ3v) is 5.50. The van der Waals surface area contributed by atoms with Crippen molar-refractivity contribution in [1.82, 2.24) is 9.88 Å². The number of carbonyl (C=O) groups is 1. The summed E-state index contributed by atoms with van der Waals surface area (Å²) in [5.41, 5.74) is -0.0219. The lowest BCUT2D eigenvalue weighted by Gasteiger charge is -2.27. The summed E-state index contributed by atoms with van der Waals surface area (Å²) in [6.07, 6.45) is -2.73. The maximum Gasteiger partial charge on any atom is 0.417 e. The van der Waals surface area contributed by atoms with Crippen molar-refractivity contribution in [3.8, 4) is 0 Å². The van der Waals surface area contributed by atoms with E-state index < -0.39 is 11.7 Å². The molecule has 0 bridgehead atoms. The monoisotopic (exact) mass is 470 g/mol. The van der Waals surface area contributed by atoms with Crippen LogP contribution in [0.4, 0.5) is 24.7 Å². The molecule has 2 heterocycles. The molecule has 1 aromatic carbocycles. The molecule has 0 spiro atoms. The first-order valence-corrected chi connectivity index (χ1v) is 10.1. The highest BCUT2D eigenvalue weighted by molar-refractivity contribution is 9.10. The van der Waals surface area contributed by atoms with Gasteiger partial charge in [0.2, 0.25) is 5.91 Å². The molecule has 1 fully saturated rings. The molecule has 2 aromatic rings. The van der Waals surface area contributed by atoms with E-state index in [1.807, 2.05) is 36.1 Å². The van der Waals surface area contributed by atoms with Crippen molar-refractivity contribution in [2.75, 3.05) is 36.4 Å². The van der Waals surface area contributed by atoms with E-state index in [9.17, 15) is 18.0 Å². The number of nitrogens with one attached hydrogen (secondary N) is 1. The molecule has 1 amide bonds. The van der Waals surface area contributed by atoms with Gasteiger partial charge in [0, 0.05) is 42.5 Å². The molecule has 1 aliphatic heterocycles. The number of benzene rings is 1. The molecule has 0 unspecified atom stereocenters. The van der Waals surface area contributed by atoms with E-state index in [0.717, 1.165) is 35.4 Å². The zero-order valence-electron chi connectivity index (χ0n) is 15.9. The fourth-order valence-electron chi connectivity index (χ4n) is 3.24. The summed E-state index contributed by atoms with van der Waals surface area (Å²) in [6, 6.07) is 9.52. The maximum atomic E-state index is 12.7. The molecule has 1 atom stereocenters. The van der Waals surface area contributed by atoms with Gasteiger partial charge in [-0.3, -0.25) is 9.69 Å². The normalized spacial score (nSPS) is 16.9. The van der Waals surface area contributed by atoms with Crippen LogP contribution in [0.2, 0.25) is 0 Å². The van der Waals surface area contributed by atoms with Gasteiger partial charge in [-0.15, -0.1) is 0 Å². The van der Waals surface area contributed by atoms with Crippen LogP contribution < -0.4 is 10.2 Å². The van der Waals surface area contributed by atoms with E-state index in [1.165, 1.54) is 6.07 Å². The molecule has 3 rings (SSSR count). The second-order valence-corrected chi connectivity index (χ2v) is 7.87. The number of hydrogen-bond donors (Lipinski definition) is 1. The van der Waals surface area contributed by atoms with Crippen molar-refractivity contribution in [3.63, 3.8) is 0 Å². The van der Waals surface area contributed by atoms with Crippen molar-refractivity contribution < 1.29 is 18.0 Å². The van der Waals surface area contributed by atoms with Crippen LogP contribution in [0.5, 0.6) is 0 Å². The van der Waals surface area contributed by atoms with E-state index in [2.05, 4.69) is 31.1 Å². The Morgan fingerprint density at radius 2 is 1.83 bits per heavy atom. The molecule has 0 saturated carbocycles. The van der Waals surface area contributed by atoms with Gasteiger partial charge in [-0.25, -0.2) is 4.98 Å². The first-order valence-electron chi connectivity index (χ1n) is 9.33. The Morgan fingerprint density at radius 3 is 2.45 bits per heavy atom. The SMILES string of the molecule is C[C@H](C(=O)Nc1ccc(Br)cc1)N1CCCN(c2ccc(C(F)(F)F)cn2)CC1. The van der Waals surface area contributed by atoms with Crippen molar-refractivity contribution in [2.24, 2.45) is 0 Å². The average molecular weight is 471 g/mol. The van der Waals surface area contributed by atoms with Gasteiger partial charge in [0.25, 0.3) is 0 Å². The molecular formula is C20H22BrF3N4O. The van der Waals surface area contributed by atoms with Gasteiger partial charge < -0.3 is 10.2 Å². The zero-order valence-corrected chi connectivity index (χ0v) is 17.5. The number of anilines is 2. The minimum absolute atomic E-state index is 0.0894. The molecule has 0 radical (unpaired) electrons. The third kappa shape index (κ3) is 5.70. The molecule has 156 valence electrons. The van der Waals surface area contributed by atoms with Gasteiger partial charge >= 0.3 is 6.18 Å². The van der Waals surface area contributed by atoms with E-state index in [1.54, 1.807) is 0 Å². The number of halogens is 4. The van der Waals surface area contributed by atoms with Crippen LogP contribution in [-0.4, -0.2) is 48.0 Å². The van der Waals surface area contributed by atoms with Crippen LogP contribution in [0.25, 0.3) is 0 Å². The van der Waals surface area contributed by atoms with Gasteiger partial charge in [-0.1, -0.05) is 15.9 Å². The smallest absolute Gasteiger partial charge is 0.355 e. The van der Waals surface area contributed by atoms with Crippen LogP contribution in [0, 0.1) is 0 Å². The summed E-state index contributed by atoms with van der Waals surface area (Å²) < 4.78 is 39.1. The quantitative estimate of drug-likeness (QED) is 0.719. The molecule has 1 aliphatic rings. The summed E-state index contributed by atoms with van der Waals surface area (Å²) in [6.45, 7) is 4.48. The predicted octanol–water partition coefficient (Wildman–Crippen LogP) is 4.40. The van der Waals surface area contributed by atoms with Crippen LogP contribution in [0.1, 0.15) is 18.9 Å². The number of pyridine rings is 1. The highest BCUT2D eigenvalue weighted by atomic mass is 79.9. The third-order valence-electron chi connectivity index (χ3n) is 4.97. The lowest BCUT2D eigenvalue weighted by atomic mass is 10.2. The Kier molecular flexibility index (Phi) is 6.79. The topological polar surface area (TPSA) is 48.5 Å². The first kappa shape index (κ1) is 21.6. The van der Waals surface area contributed by atoms with Gasteiger partial charge in [0.15, 0.2) is 0 Å². The Bertz CT molecular complexity index is 827. The predicted molar refractivity (Wildman–Crippen MR) is 110 cm³/mol. The largest absolute Gasteiger partial charge is 0.417 e. The summed E-state index contributed by atoms with van der Waals surface area (Å²) >= 11 is 3.36. The number of aromatic nitrogens is 1. The number of rotatable bonds is 4. The van der Waals surface area contributed by atoms with Crippen LogP contribution in [0.15, 0.2) is 47.1 Å². The first-order chi connectivity index (χ1) is 13.7. The average Bonchev–Trinajstić information content (AvgIpc) is 2.95. The second kappa shape index (κ2) is 9.13. The van der Waals surface area contributed by atoms with Gasteiger partial charge in [-0.2, -0.15) is 13.2 Å². The molecule has 1 N–H and O–H groups in total. The molecular weight excluding hydrogens is 449 g/mol. The molecule has 9 heteroatoms. The van der Waals surface area contributed by atoms with Crippen molar-refractivity contribution in [2.45, 2.75) is 25.6 Å². The maximum absolute atomic E-state index is 12.7. The van der Waals surface area contributed by atoms with Crippen LogP contribution >= 0.6 is 15.9 Å². The van der Waals surface area contributed by atoms with Crippen molar-refractivity contribution in [3.05, 3.63) is 52.6 Å². The fraction of sp³-hybridized carbons (Fsp3) is 0.400. The molecule has 1 saturated heterocycles. The summed E-state index contributed by atoms with van der Waals surface area (Å²) in [5.74, 6) is 0.431. The zero-order chi connectivity index (χ0) is 21.0. The summed E-state index contributed by atoms with van der Waals surface area (Å²) in [4.78, 5) is 20.6. The Balaban J connectivity index is 1.58. The second-order valence-electron chi connectivity index (χ2n) is 6.95. The summed E-state index contributed by atoms with van der Waals surface area (Å²) in [5, 5.41) is 2.92. The summed E-state index contributed by atoms with van der Waals surface area (Å²) in [7, 11) is 0. The number of nitrogens with zero attached hydrogens (tertiary/aromatic N) is 3. The minimum atomic E-state index is -4.39. The number of amides is 1. The Morgan fingerprint density at radius 1 is 1.10 bits per heavy atom. The molecule has 5 nitrogen and oxygen atoms in total. The van der Waals surface area contributed by atoms with Gasteiger partial charge in [-0.05, 0) is 49.7 Å². The van der Waals surface area contributed by atoms with E-state index >= 15 is 0 Å². The van der Waals surface area contributed by atoms with Gasteiger partial charge in [0.05, 0.1) is 11.6 Å². The van der Waals surface area contributed by atoms with E-state index in [0.29, 0.717) is 25.5 Å². The number of alkyl halides is 3. The lowest BCUT2D eigenvalue weighted by Crippen LogP contribution is -2.44. The number of carbonyl (C=O) groups excluding carboxylic acids is 1. The van der Waals surface area contributed by atoms with Crippen LogP contribution in [-0.2, 0) is 11.0 Å². The Labute approximate surface area is 176 Å². The van der Waals surface area contributed by atoms with Crippen LogP contribution in [0.3, 0.4) is 0 Å². The fourth-order valence-corrected chi connectivity index (χ4v) is 3.50. The Hall–Kier alpha value is -2.13. The van der Waals surface area contributed by atoms with Gasteiger partial charge in [0.1, 0.15) is 5.82 Å². The minimum Gasteiger partial charge on any atom is -0.355 e. The molecule has 0 aliphatic carbocycles. The number of hydrogen-bond acceptors (Lipinski definition) is 4. The van der Waals surface area contributed by atoms with E-state index in [4.69, 9.17) is 0 Å². The van der Waals surface area contributed by atoms with Crippen molar-refractivity contribution in [1.29, 1.82) is 0 Å². The lowest BCUT2D eigenvalue weighted by molar-refractivity contribution is -0.137. The highest BCUT2D eigenvalue weighted by Gasteiger charge is 2.31. The molecule has 29 heavy (non-hydrogen) atoms. The highest BCUT2D eigenvalue weighted by Crippen LogP contribution is 2.29. The standard InChI is InChI=1S/C20H22BrF3N4O/c1-14(19(29)26-17-6-4-16(21)5-7-17)27-9-2-10-28(12-11-27)18-8-3-15(13-25-18)20(22,23)24/h3-8,13-14H,2,9-12H2,1H3,(H,26,29)/t14-/m1/s1. The van der Waals surface area contributed by atoms with E-state index in [-0.39, 0.29) is 11.9 Å². The molecule has 1 aromatic heterocycles.